The number of phenols is 2. The van der Waals surface area contributed by atoms with Gasteiger partial charge in [0.05, 0.1) is 0 Å². The van der Waals surface area contributed by atoms with Crippen molar-refractivity contribution in [2.45, 2.75) is 143 Å². The van der Waals surface area contributed by atoms with E-state index in [1.165, 1.54) is 0 Å². The van der Waals surface area contributed by atoms with Crippen molar-refractivity contribution in [3.63, 3.8) is 0 Å². The van der Waals surface area contributed by atoms with E-state index in [9.17, 15) is 38.9 Å². The van der Waals surface area contributed by atoms with Crippen LogP contribution in [-0.2, 0) is 47.9 Å². The molecule has 45 heavy (non-hydrogen) atoms. The molecule has 2 rings (SSSR count). The average Bonchev–Trinajstić information content (AvgIpc) is 2.77. The predicted octanol–water partition coefficient (Wildman–Crippen LogP) is 6.70. The number of hydrogen-bond donors (Lipinski definition) is 2. The van der Waals surface area contributed by atoms with Crippen LogP contribution < -0.4 is 19.6 Å². The molecule has 0 aromatic heterocycles. The van der Waals surface area contributed by atoms with Gasteiger partial charge in [-0.3, -0.25) is 0 Å². The van der Waals surface area contributed by atoms with Gasteiger partial charge < -0.3 is 38.9 Å². The van der Waals surface area contributed by atoms with Crippen LogP contribution in [0.2, 0.25) is 0 Å². The molecule has 2 aromatic rings. The van der Waals surface area contributed by atoms with Crippen molar-refractivity contribution in [1.82, 2.24) is 0 Å². The van der Waals surface area contributed by atoms with Gasteiger partial charge in [0, 0.05) is 28.4 Å². The summed E-state index contributed by atoms with van der Waals surface area (Å²) in [6.07, 6.45) is 0.449. The standard InChI is InChI=1S/2C17H29O4P.Mn/c2*1-8-14(22(19,20)21)11-9-12(16(2,3)4)15(18)13(10-11)17(5,6)7;/h2*9-10,14,18H,8H2,1-7H3,(H2,19,20,21);/p-4. The summed E-state index contributed by atoms with van der Waals surface area (Å²) in [7, 11) is -9.48. The van der Waals surface area contributed by atoms with Gasteiger partial charge in [-0.05, 0) is 67.9 Å². The third-order valence-corrected chi connectivity index (χ3v) is 10.7. The maximum absolute atomic E-state index is 11.6. The molecule has 0 bridgehead atoms. The number of benzene rings is 2. The van der Waals surface area contributed by atoms with Crippen LogP contribution in [0, 0.1) is 0 Å². The van der Waals surface area contributed by atoms with Crippen LogP contribution in [-0.4, -0.2) is 10.2 Å². The minimum atomic E-state index is -4.74. The fourth-order valence-electron chi connectivity index (χ4n) is 5.27. The molecule has 8 nitrogen and oxygen atoms in total. The summed E-state index contributed by atoms with van der Waals surface area (Å²) in [5.41, 5.74) is 0.0924. The first-order chi connectivity index (χ1) is 19.4. The maximum atomic E-state index is 11.6. The van der Waals surface area contributed by atoms with Crippen molar-refractivity contribution >= 4 is 15.2 Å². The van der Waals surface area contributed by atoms with E-state index >= 15 is 0 Å². The van der Waals surface area contributed by atoms with E-state index in [0.29, 0.717) is 33.4 Å². The van der Waals surface area contributed by atoms with E-state index in [2.05, 4.69) is 0 Å². The van der Waals surface area contributed by atoms with Crippen LogP contribution >= 0.6 is 15.2 Å². The van der Waals surface area contributed by atoms with E-state index in [-0.39, 0.29) is 63.1 Å². The summed E-state index contributed by atoms with van der Waals surface area (Å²) >= 11 is 0. The second-order valence-electron chi connectivity index (χ2n) is 15.9. The normalized spacial score (nSPS) is 14.6. The Balaban J connectivity index is 0.000000842. The van der Waals surface area contributed by atoms with Gasteiger partial charge in [-0.2, -0.15) is 0 Å². The Hall–Kier alpha value is -1.14. The van der Waals surface area contributed by atoms with E-state index in [4.69, 9.17) is 0 Å². The summed E-state index contributed by atoms with van der Waals surface area (Å²) in [4.78, 5) is 46.3. The first kappa shape index (κ1) is 43.9. The van der Waals surface area contributed by atoms with Crippen LogP contribution in [0.5, 0.6) is 11.5 Å². The summed E-state index contributed by atoms with van der Waals surface area (Å²) < 4.78 is 23.2. The number of rotatable bonds is 6. The van der Waals surface area contributed by atoms with Crippen molar-refractivity contribution in [3.05, 3.63) is 57.6 Å². The molecule has 0 spiro atoms. The van der Waals surface area contributed by atoms with Gasteiger partial charge in [-0.25, -0.2) is 0 Å². The van der Waals surface area contributed by atoms with Gasteiger partial charge in [0.2, 0.25) is 0 Å². The molecule has 1 radical (unpaired) electrons. The molecule has 0 fully saturated rings. The fraction of sp³-hybridized carbons (Fsp3) is 0.647. The van der Waals surface area contributed by atoms with Crippen molar-refractivity contribution in [2.24, 2.45) is 0 Å². The number of aromatic hydroxyl groups is 2. The van der Waals surface area contributed by atoms with Gasteiger partial charge in [0.15, 0.2) is 0 Å². The molecular formula is C34H54MnO8P2-4. The summed E-state index contributed by atoms with van der Waals surface area (Å²) in [5, 5.41) is 21.2. The SMILES string of the molecule is CCC(c1cc(C(C)(C)C)c(O)c(C(C)(C)C)c1)P(=O)([O-])[O-].CCC(c1cc(C(C)(C)C)c(O)c(C(C)(C)C)c1)P(=O)([O-])[O-].[Mn]. The molecule has 0 aliphatic carbocycles. The van der Waals surface area contributed by atoms with Crippen molar-refractivity contribution in [1.29, 1.82) is 0 Å². The van der Waals surface area contributed by atoms with Gasteiger partial charge in [0.25, 0.3) is 0 Å². The van der Waals surface area contributed by atoms with Gasteiger partial charge in [-0.15, -0.1) is 0 Å². The molecule has 11 heteroatoms. The van der Waals surface area contributed by atoms with Crippen LogP contribution in [0.3, 0.4) is 0 Å². The van der Waals surface area contributed by atoms with E-state index in [1.54, 1.807) is 38.1 Å². The van der Waals surface area contributed by atoms with E-state index in [0.717, 1.165) is 0 Å². The van der Waals surface area contributed by atoms with E-state index < -0.39 is 26.5 Å². The van der Waals surface area contributed by atoms with Crippen LogP contribution in [0.4, 0.5) is 0 Å². The van der Waals surface area contributed by atoms with Gasteiger partial charge >= 0.3 is 0 Å². The third kappa shape index (κ3) is 11.5. The molecule has 0 amide bonds. The molecule has 0 heterocycles. The van der Waals surface area contributed by atoms with Gasteiger partial charge in [0.1, 0.15) is 11.5 Å². The second kappa shape index (κ2) is 15.0. The van der Waals surface area contributed by atoms with E-state index in [1.807, 2.05) is 83.1 Å². The quantitative estimate of drug-likeness (QED) is 0.247. The zero-order valence-corrected chi connectivity index (χ0v) is 32.5. The van der Waals surface area contributed by atoms with Crippen molar-refractivity contribution in [3.8, 4) is 11.5 Å². The summed E-state index contributed by atoms with van der Waals surface area (Å²) in [5.74, 6) is 0.371. The zero-order valence-electron chi connectivity index (χ0n) is 29.5. The Kier molecular flexibility index (Phi) is 14.6. The fourth-order valence-corrected chi connectivity index (χ4v) is 7.19. The monoisotopic (exact) mass is 707 g/mol. The summed E-state index contributed by atoms with van der Waals surface area (Å²) in [6, 6.07) is 6.67. The van der Waals surface area contributed by atoms with Crippen LogP contribution in [0.1, 0.15) is 154 Å². The van der Waals surface area contributed by atoms with Crippen molar-refractivity contribution in [2.75, 3.05) is 0 Å². The Morgan fingerprint density at radius 2 is 0.711 bits per heavy atom. The number of phenolic OH excluding ortho intramolecular Hbond substituents is 2. The Labute approximate surface area is 282 Å². The molecule has 0 aliphatic rings. The molecule has 0 aliphatic heterocycles. The number of hydrogen-bond acceptors (Lipinski definition) is 8. The molecule has 2 unspecified atom stereocenters. The molecule has 0 saturated carbocycles. The smallest absolute Gasteiger partial charge is 0.123 e. The summed E-state index contributed by atoms with van der Waals surface area (Å²) in [6.45, 7) is 26.8. The Bertz CT molecular complexity index is 1220. The zero-order chi connectivity index (χ0) is 35.0. The van der Waals surface area contributed by atoms with Crippen LogP contribution in [0.25, 0.3) is 0 Å². The predicted molar refractivity (Wildman–Crippen MR) is 172 cm³/mol. The topological polar surface area (TPSA) is 167 Å². The first-order valence-electron chi connectivity index (χ1n) is 15.2. The third-order valence-electron chi connectivity index (χ3n) is 7.80. The molecule has 0 saturated heterocycles. The molecule has 2 N–H and O–H groups in total. The molecular weight excluding hydrogens is 653 g/mol. The van der Waals surface area contributed by atoms with Gasteiger partial charge in [-0.1, -0.05) is 136 Å². The minimum Gasteiger partial charge on any atom is -0.810 e. The first-order valence-corrected chi connectivity index (χ1v) is 18.4. The minimum absolute atomic E-state index is 0. The Morgan fingerprint density at radius 1 is 0.533 bits per heavy atom. The largest absolute Gasteiger partial charge is 0.810 e. The van der Waals surface area contributed by atoms with Crippen LogP contribution in [0.15, 0.2) is 24.3 Å². The molecule has 2 atom stereocenters. The maximum Gasteiger partial charge on any atom is 0.123 e. The molecule has 2 aromatic carbocycles. The van der Waals surface area contributed by atoms with Crippen molar-refractivity contribution < 1.29 is 56.0 Å². The Morgan fingerprint density at radius 3 is 0.822 bits per heavy atom. The second-order valence-corrected chi connectivity index (χ2v) is 19.3. The average molecular weight is 708 g/mol. The molecule has 259 valence electrons.